The standard InChI is InChI=1S/C17H16ClNO2/c18-13-9-12-6-7-16(21)19-17(12)14(10-13)15(20)8-11-4-2-1-3-5-11/h1-5,9-10,15,20H,6-8H2,(H,19,21). The topological polar surface area (TPSA) is 49.3 Å². The van der Waals surface area contributed by atoms with E-state index in [9.17, 15) is 9.90 Å². The van der Waals surface area contributed by atoms with Crippen molar-refractivity contribution in [3.05, 3.63) is 64.2 Å². The monoisotopic (exact) mass is 301 g/mol. The molecule has 0 saturated carbocycles. The second kappa shape index (κ2) is 5.88. The normalized spacial score (nSPS) is 15.2. The van der Waals surface area contributed by atoms with Crippen LogP contribution in [0.15, 0.2) is 42.5 Å². The van der Waals surface area contributed by atoms with Crippen molar-refractivity contribution in [1.29, 1.82) is 0 Å². The average molecular weight is 302 g/mol. The van der Waals surface area contributed by atoms with Crippen LogP contribution in [-0.2, 0) is 17.6 Å². The fraction of sp³-hybridized carbons (Fsp3) is 0.235. The van der Waals surface area contributed by atoms with Gasteiger partial charge >= 0.3 is 0 Å². The van der Waals surface area contributed by atoms with Crippen LogP contribution in [0, 0.1) is 0 Å². The van der Waals surface area contributed by atoms with Crippen molar-refractivity contribution < 1.29 is 9.90 Å². The number of nitrogens with one attached hydrogen (secondary N) is 1. The molecule has 4 heteroatoms. The van der Waals surface area contributed by atoms with E-state index in [0.29, 0.717) is 29.8 Å². The lowest BCUT2D eigenvalue weighted by Gasteiger charge is -2.23. The molecule has 2 aromatic rings. The van der Waals surface area contributed by atoms with E-state index in [1.165, 1.54) is 0 Å². The number of amides is 1. The van der Waals surface area contributed by atoms with Crippen LogP contribution in [0.5, 0.6) is 0 Å². The van der Waals surface area contributed by atoms with Crippen LogP contribution in [0.1, 0.15) is 29.2 Å². The van der Waals surface area contributed by atoms with Crippen LogP contribution in [-0.4, -0.2) is 11.0 Å². The molecule has 108 valence electrons. The Bertz CT molecular complexity index is 670. The zero-order valence-electron chi connectivity index (χ0n) is 11.5. The van der Waals surface area contributed by atoms with Crippen molar-refractivity contribution in [2.75, 3.05) is 5.32 Å². The molecule has 0 bridgehead atoms. The highest BCUT2D eigenvalue weighted by molar-refractivity contribution is 6.31. The first-order valence-corrected chi connectivity index (χ1v) is 7.35. The lowest BCUT2D eigenvalue weighted by molar-refractivity contribution is -0.116. The minimum atomic E-state index is -0.696. The molecule has 3 nitrogen and oxygen atoms in total. The average Bonchev–Trinajstić information content (AvgIpc) is 2.48. The molecular weight excluding hydrogens is 286 g/mol. The van der Waals surface area contributed by atoms with Gasteiger partial charge in [-0.15, -0.1) is 0 Å². The molecule has 1 amide bonds. The van der Waals surface area contributed by atoms with Gasteiger partial charge in [0.25, 0.3) is 0 Å². The molecule has 1 atom stereocenters. The molecule has 1 aliphatic heterocycles. The molecule has 21 heavy (non-hydrogen) atoms. The largest absolute Gasteiger partial charge is 0.388 e. The van der Waals surface area contributed by atoms with Crippen LogP contribution in [0.4, 0.5) is 5.69 Å². The Balaban J connectivity index is 1.94. The highest BCUT2D eigenvalue weighted by Crippen LogP contribution is 2.35. The SMILES string of the molecule is O=C1CCc2cc(Cl)cc(C(O)Cc3ccccc3)c2N1. The molecule has 2 aromatic carbocycles. The van der Waals surface area contributed by atoms with Crippen molar-refractivity contribution in [2.24, 2.45) is 0 Å². The number of hydrogen-bond acceptors (Lipinski definition) is 2. The van der Waals surface area contributed by atoms with Gasteiger partial charge in [0.1, 0.15) is 0 Å². The zero-order valence-corrected chi connectivity index (χ0v) is 12.2. The Labute approximate surface area is 128 Å². The van der Waals surface area contributed by atoms with Gasteiger partial charge in [0.2, 0.25) is 5.91 Å². The number of anilines is 1. The maximum Gasteiger partial charge on any atom is 0.224 e. The minimum Gasteiger partial charge on any atom is -0.388 e. The number of carbonyl (C=O) groups is 1. The lowest BCUT2D eigenvalue weighted by atomic mass is 9.93. The van der Waals surface area contributed by atoms with E-state index in [0.717, 1.165) is 16.8 Å². The van der Waals surface area contributed by atoms with E-state index in [4.69, 9.17) is 11.6 Å². The van der Waals surface area contributed by atoms with Gasteiger partial charge in [-0.05, 0) is 29.7 Å². The third-order valence-corrected chi connectivity index (χ3v) is 3.95. The number of carbonyl (C=O) groups excluding carboxylic acids is 1. The number of aliphatic hydroxyl groups is 1. The van der Waals surface area contributed by atoms with Crippen molar-refractivity contribution in [2.45, 2.75) is 25.4 Å². The number of aryl methyl sites for hydroxylation is 1. The number of fused-ring (bicyclic) bond motifs is 1. The molecule has 2 N–H and O–H groups in total. The predicted molar refractivity (Wildman–Crippen MR) is 83.5 cm³/mol. The molecule has 3 rings (SSSR count). The molecule has 1 heterocycles. The number of aliphatic hydroxyl groups excluding tert-OH is 1. The summed E-state index contributed by atoms with van der Waals surface area (Å²) < 4.78 is 0. The molecule has 0 fully saturated rings. The Morgan fingerprint density at radius 2 is 1.95 bits per heavy atom. The highest BCUT2D eigenvalue weighted by Gasteiger charge is 2.22. The van der Waals surface area contributed by atoms with E-state index < -0.39 is 6.10 Å². The van der Waals surface area contributed by atoms with Crippen molar-refractivity contribution in [3.63, 3.8) is 0 Å². The molecule has 0 spiro atoms. The van der Waals surface area contributed by atoms with Gasteiger partial charge in [-0.25, -0.2) is 0 Å². The van der Waals surface area contributed by atoms with Gasteiger partial charge in [-0.3, -0.25) is 4.79 Å². The smallest absolute Gasteiger partial charge is 0.224 e. The highest BCUT2D eigenvalue weighted by atomic mass is 35.5. The van der Waals surface area contributed by atoms with Gasteiger partial charge in [0.15, 0.2) is 0 Å². The second-order valence-electron chi connectivity index (χ2n) is 5.28. The fourth-order valence-electron chi connectivity index (χ4n) is 2.70. The number of halogens is 1. The molecule has 0 aromatic heterocycles. The van der Waals surface area contributed by atoms with E-state index in [1.807, 2.05) is 36.4 Å². The minimum absolute atomic E-state index is 0.0158. The summed E-state index contributed by atoms with van der Waals surface area (Å²) in [7, 11) is 0. The lowest BCUT2D eigenvalue weighted by Crippen LogP contribution is -2.21. The Morgan fingerprint density at radius 3 is 2.71 bits per heavy atom. The quantitative estimate of drug-likeness (QED) is 0.911. The second-order valence-corrected chi connectivity index (χ2v) is 5.72. The first-order chi connectivity index (χ1) is 10.1. The van der Waals surface area contributed by atoms with Crippen LogP contribution in [0.25, 0.3) is 0 Å². The maximum atomic E-state index is 11.6. The summed E-state index contributed by atoms with van der Waals surface area (Å²) in [5.74, 6) is -0.0158. The van der Waals surface area contributed by atoms with Gasteiger partial charge in [-0.2, -0.15) is 0 Å². The number of benzene rings is 2. The molecule has 1 aliphatic rings. The maximum absolute atomic E-state index is 11.6. The predicted octanol–water partition coefficient (Wildman–Crippen LogP) is 3.50. The Hall–Kier alpha value is -1.84. The first kappa shape index (κ1) is 14.1. The summed E-state index contributed by atoms with van der Waals surface area (Å²) in [6.45, 7) is 0. The molecule has 1 unspecified atom stereocenters. The Morgan fingerprint density at radius 1 is 1.19 bits per heavy atom. The van der Waals surface area contributed by atoms with Crippen LogP contribution in [0.3, 0.4) is 0 Å². The van der Waals surface area contributed by atoms with Crippen molar-refractivity contribution >= 4 is 23.2 Å². The zero-order chi connectivity index (χ0) is 14.8. The van der Waals surface area contributed by atoms with Crippen molar-refractivity contribution in [3.8, 4) is 0 Å². The van der Waals surface area contributed by atoms with E-state index >= 15 is 0 Å². The van der Waals surface area contributed by atoms with Crippen molar-refractivity contribution in [1.82, 2.24) is 0 Å². The van der Waals surface area contributed by atoms with E-state index in [2.05, 4.69) is 5.32 Å². The fourth-order valence-corrected chi connectivity index (χ4v) is 2.95. The van der Waals surface area contributed by atoms with Gasteiger partial charge < -0.3 is 10.4 Å². The van der Waals surface area contributed by atoms with E-state index in [1.54, 1.807) is 6.07 Å². The van der Waals surface area contributed by atoms with Crippen LogP contribution in [0.2, 0.25) is 5.02 Å². The summed E-state index contributed by atoms with van der Waals surface area (Å²) in [4.78, 5) is 11.6. The van der Waals surface area contributed by atoms with Gasteiger partial charge in [0.05, 0.1) is 6.10 Å². The summed E-state index contributed by atoms with van der Waals surface area (Å²) >= 11 is 6.14. The Kier molecular flexibility index (Phi) is 3.95. The van der Waals surface area contributed by atoms with Crippen LogP contribution >= 0.6 is 11.6 Å². The third-order valence-electron chi connectivity index (χ3n) is 3.73. The summed E-state index contributed by atoms with van der Waals surface area (Å²) in [5.41, 5.74) is 3.44. The number of rotatable bonds is 3. The molecule has 0 radical (unpaired) electrons. The first-order valence-electron chi connectivity index (χ1n) is 6.97. The summed E-state index contributed by atoms with van der Waals surface area (Å²) in [5, 5.41) is 14.0. The molecule has 0 saturated heterocycles. The summed E-state index contributed by atoms with van der Waals surface area (Å²) in [6, 6.07) is 13.4. The molecular formula is C17H16ClNO2. The van der Waals surface area contributed by atoms with Crippen LogP contribution < -0.4 is 5.32 Å². The van der Waals surface area contributed by atoms with Gasteiger partial charge in [-0.1, -0.05) is 41.9 Å². The van der Waals surface area contributed by atoms with Gasteiger partial charge in [0, 0.05) is 29.1 Å². The molecule has 0 aliphatic carbocycles. The van der Waals surface area contributed by atoms with E-state index in [-0.39, 0.29) is 5.91 Å². The summed E-state index contributed by atoms with van der Waals surface area (Å²) in [6.07, 6.45) is 0.913. The number of hydrogen-bond donors (Lipinski definition) is 2. The third kappa shape index (κ3) is 3.09.